The smallest absolute Gasteiger partial charge is 0.168 e. The van der Waals surface area contributed by atoms with Gasteiger partial charge in [-0.05, 0) is 0 Å². The third-order valence-corrected chi connectivity index (χ3v) is 2.91. The minimum atomic E-state index is -0.400. The number of anilines is 1. The maximum absolute atomic E-state index is 13.5. The molecule has 5 heteroatoms. The number of piperazine rings is 1. The minimum absolute atomic E-state index is 0.249. The van der Waals surface area contributed by atoms with Crippen LogP contribution in [0, 0.1) is 5.82 Å². The van der Waals surface area contributed by atoms with Crippen LogP contribution >= 0.6 is 0 Å². The minimum Gasteiger partial charge on any atom is -0.494 e. The summed E-state index contributed by atoms with van der Waals surface area (Å²) in [6.07, 6.45) is 0. The topological polar surface area (TPSA) is 33.7 Å². The van der Waals surface area contributed by atoms with E-state index < -0.39 is 5.82 Å². The molecule has 1 aromatic rings. The zero-order valence-electron chi connectivity index (χ0n) is 10.1. The van der Waals surface area contributed by atoms with E-state index in [0.717, 1.165) is 31.9 Å². The first-order valence-electron chi connectivity index (χ1n) is 5.63. The lowest BCUT2D eigenvalue weighted by molar-refractivity contribution is 0.376. The highest BCUT2D eigenvalue weighted by molar-refractivity contribution is 5.62. The molecule has 1 aromatic carbocycles. The summed E-state index contributed by atoms with van der Waals surface area (Å²) in [4.78, 5) is 2.16. The lowest BCUT2D eigenvalue weighted by Gasteiger charge is -2.30. The van der Waals surface area contributed by atoms with Gasteiger partial charge in [0.25, 0.3) is 0 Å². The summed E-state index contributed by atoms with van der Waals surface area (Å²) in [5.74, 6) is 0.396. The van der Waals surface area contributed by atoms with Gasteiger partial charge in [0.05, 0.1) is 19.9 Å². The Balaban J connectivity index is 2.35. The van der Waals surface area contributed by atoms with Crippen molar-refractivity contribution in [2.75, 3.05) is 45.3 Å². The largest absolute Gasteiger partial charge is 0.494 e. The quantitative estimate of drug-likeness (QED) is 0.862. The van der Waals surface area contributed by atoms with Gasteiger partial charge in [0, 0.05) is 38.3 Å². The number of rotatable bonds is 3. The van der Waals surface area contributed by atoms with Crippen molar-refractivity contribution in [2.45, 2.75) is 0 Å². The zero-order chi connectivity index (χ0) is 12.3. The fraction of sp³-hybridized carbons (Fsp3) is 0.500. The van der Waals surface area contributed by atoms with E-state index in [4.69, 9.17) is 9.47 Å². The molecule has 0 aromatic heterocycles. The number of hydrogen-bond donors (Lipinski definition) is 1. The van der Waals surface area contributed by atoms with Crippen LogP contribution in [0.5, 0.6) is 11.5 Å². The number of nitrogens with zero attached hydrogens (tertiary/aromatic N) is 1. The molecular weight excluding hydrogens is 223 g/mol. The van der Waals surface area contributed by atoms with Crippen LogP contribution in [0.4, 0.5) is 10.1 Å². The molecule has 0 unspecified atom stereocenters. The van der Waals surface area contributed by atoms with Gasteiger partial charge >= 0.3 is 0 Å². The Kier molecular flexibility index (Phi) is 3.68. The highest BCUT2D eigenvalue weighted by Crippen LogP contribution is 2.34. The summed E-state index contributed by atoms with van der Waals surface area (Å²) >= 11 is 0. The predicted octanol–water partition coefficient (Wildman–Crippen LogP) is 1.25. The van der Waals surface area contributed by atoms with E-state index in [2.05, 4.69) is 10.2 Å². The molecule has 0 radical (unpaired) electrons. The highest BCUT2D eigenvalue weighted by Gasteiger charge is 2.18. The number of nitrogens with one attached hydrogen (secondary N) is 1. The van der Waals surface area contributed by atoms with Crippen LogP contribution < -0.4 is 19.7 Å². The Hall–Kier alpha value is -1.49. The molecule has 0 bridgehead atoms. The number of benzene rings is 1. The van der Waals surface area contributed by atoms with Crippen LogP contribution in [0.25, 0.3) is 0 Å². The predicted molar refractivity (Wildman–Crippen MR) is 64.6 cm³/mol. The lowest BCUT2D eigenvalue weighted by atomic mass is 10.2. The van der Waals surface area contributed by atoms with Crippen molar-refractivity contribution in [3.63, 3.8) is 0 Å². The Labute approximate surface area is 100 Å². The van der Waals surface area contributed by atoms with Crippen LogP contribution in [0.2, 0.25) is 0 Å². The van der Waals surface area contributed by atoms with E-state index in [1.54, 1.807) is 13.2 Å². The van der Waals surface area contributed by atoms with Gasteiger partial charge in [-0.3, -0.25) is 0 Å². The van der Waals surface area contributed by atoms with Crippen molar-refractivity contribution in [2.24, 2.45) is 0 Å². The summed E-state index contributed by atoms with van der Waals surface area (Å²) in [6, 6.07) is 3.07. The van der Waals surface area contributed by atoms with E-state index in [9.17, 15) is 4.39 Å². The number of methoxy groups -OCH3 is 2. The molecule has 1 saturated heterocycles. The van der Waals surface area contributed by atoms with Crippen molar-refractivity contribution in [1.29, 1.82) is 0 Å². The van der Waals surface area contributed by atoms with Crippen molar-refractivity contribution in [1.82, 2.24) is 5.32 Å². The van der Waals surface area contributed by atoms with Gasteiger partial charge < -0.3 is 19.7 Å². The third-order valence-electron chi connectivity index (χ3n) is 2.91. The fourth-order valence-corrected chi connectivity index (χ4v) is 2.00. The lowest BCUT2D eigenvalue weighted by Crippen LogP contribution is -2.43. The Bertz CT molecular complexity index is 392. The van der Waals surface area contributed by atoms with Gasteiger partial charge in [0.1, 0.15) is 5.75 Å². The molecule has 0 atom stereocenters. The molecule has 1 N–H and O–H groups in total. The molecule has 1 aliphatic rings. The summed E-state index contributed by atoms with van der Waals surface area (Å²) < 4.78 is 23.8. The molecule has 4 nitrogen and oxygen atoms in total. The Morgan fingerprint density at radius 1 is 1.12 bits per heavy atom. The van der Waals surface area contributed by atoms with Gasteiger partial charge in [-0.15, -0.1) is 0 Å². The number of halogens is 1. The first-order valence-corrected chi connectivity index (χ1v) is 5.63. The van der Waals surface area contributed by atoms with Gasteiger partial charge in [0.2, 0.25) is 0 Å². The average Bonchev–Trinajstić information content (AvgIpc) is 2.39. The van der Waals surface area contributed by atoms with E-state index >= 15 is 0 Å². The summed E-state index contributed by atoms with van der Waals surface area (Å²) in [5, 5.41) is 3.27. The van der Waals surface area contributed by atoms with Crippen molar-refractivity contribution < 1.29 is 13.9 Å². The second kappa shape index (κ2) is 5.23. The molecule has 1 fully saturated rings. The van der Waals surface area contributed by atoms with Crippen molar-refractivity contribution >= 4 is 5.69 Å². The van der Waals surface area contributed by atoms with E-state index in [0.29, 0.717) is 5.75 Å². The van der Waals surface area contributed by atoms with Crippen LogP contribution in [-0.4, -0.2) is 40.4 Å². The van der Waals surface area contributed by atoms with Crippen LogP contribution in [-0.2, 0) is 0 Å². The molecule has 1 aliphatic heterocycles. The van der Waals surface area contributed by atoms with Gasteiger partial charge in [-0.25, -0.2) is 4.39 Å². The standard InChI is InChI=1S/C12H17FN2O2/c1-16-11-8-10(12(17-2)7-9(11)13)15-5-3-14-4-6-15/h7-8,14H,3-6H2,1-2H3. The third kappa shape index (κ3) is 2.44. The average molecular weight is 240 g/mol. The molecule has 17 heavy (non-hydrogen) atoms. The summed E-state index contributed by atoms with van der Waals surface area (Å²) in [7, 11) is 3.01. The molecule has 1 heterocycles. The van der Waals surface area contributed by atoms with Crippen molar-refractivity contribution in [3.8, 4) is 11.5 Å². The van der Waals surface area contributed by atoms with Gasteiger partial charge in [-0.2, -0.15) is 0 Å². The van der Waals surface area contributed by atoms with Crippen LogP contribution in [0.15, 0.2) is 12.1 Å². The number of hydrogen-bond acceptors (Lipinski definition) is 4. The van der Waals surface area contributed by atoms with Crippen molar-refractivity contribution in [3.05, 3.63) is 17.9 Å². The molecular formula is C12H17FN2O2. The Morgan fingerprint density at radius 3 is 2.35 bits per heavy atom. The summed E-state index contributed by atoms with van der Waals surface area (Å²) in [5.41, 5.74) is 0.882. The van der Waals surface area contributed by atoms with E-state index in [1.807, 2.05) is 0 Å². The number of ether oxygens (including phenoxy) is 2. The van der Waals surface area contributed by atoms with Crippen LogP contribution in [0.3, 0.4) is 0 Å². The molecule has 0 aliphatic carbocycles. The SMILES string of the molecule is COc1cc(N2CCNCC2)c(OC)cc1F. The Morgan fingerprint density at radius 2 is 1.76 bits per heavy atom. The molecule has 0 amide bonds. The molecule has 2 rings (SSSR count). The van der Waals surface area contributed by atoms with Crippen LogP contribution in [0.1, 0.15) is 0 Å². The van der Waals surface area contributed by atoms with Gasteiger partial charge in [-0.1, -0.05) is 0 Å². The monoisotopic (exact) mass is 240 g/mol. The first-order chi connectivity index (χ1) is 8.26. The zero-order valence-corrected chi connectivity index (χ0v) is 10.1. The second-order valence-corrected chi connectivity index (χ2v) is 3.90. The van der Waals surface area contributed by atoms with Gasteiger partial charge in [0.15, 0.2) is 11.6 Å². The molecule has 0 spiro atoms. The highest BCUT2D eigenvalue weighted by atomic mass is 19.1. The fourth-order valence-electron chi connectivity index (χ4n) is 2.00. The molecule has 0 saturated carbocycles. The maximum Gasteiger partial charge on any atom is 0.168 e. The van der Waals surface area contributed by atoms with E-state index in [1.165, 1.54) is 13.2 Å². The maximum atomic E-state index is 13.5. The first kappa shape index (κ1) is 12.0. The molecule has 94 valence electrons. The second-order valence-electron chi connectivity index (χ2n) is 3.90. The summed E-state index contributed by atoms with van der Waals surface area (Å²) in [6.45, 7) is 3.60. The normalized spacial score (nSPS) is 15.8. The van der Waals surface area contributed by atoms with E-state index in [-0.39, 0.29) is 5.75 Å².